The largest absolute Gasteiger partial charge is 0.393 e. The van der Waals surface area contributed by atoms with Crippen LogP contribution in [0.2, 0.25) is 0 Å². The van der Waals surface area contributed by atoms with E-state index in [4.69, 9.17) is 0 Å². The second-order valence-electron chi connectivity index (χ2n) is 5.48. The van der Waals surface area contributed by atoms with Crippen molar-refractivity contribution in [2.75, 3.05) is 31.1 Å². The van der Waals surface area contributed by atoms with Gasteiger partial charge in [-0.25, -0.2) is 0 Å². The highest BCUT2D eigenvalue weighted by atomic mass is 16.3. The van der Waals surface area contributed by atoms with E-state index >= 15 is 0 Å². The number of carbonyl (C=O) groups is 1. The Labute approximate surface area is 121 Å². The average Bonchev–Trinajstić information content (AvgIpc) is 2.95. The Kier molecular flexibility index (Phi) is 5.01. The van der Waals surface area contributed by atoms with Crippen LogP contribution in [-0.2, 0) is 4.79 Å². The molecule has 0 aliphatic carbocycles. The minimum atomic E-state index is -0.329. The van der Waals surface area contributed by atoms with E-state index in [1.54, 1.807) is 6.92 Å². The van der Waals surface area contributed by atoms with E-state index in [1.807, 2.05) is 35.2 Å². The molecule has 0 spiro atoms. The Bertz CT molecular complexity index is 433. The summed E-state index contributed by atoms with van der Waals surface area (Å²) in [6.07, 6.45) is 0.574. The third-order valence-corrected chi connectivity index (χ3v) is 4.09. The Morgan fingerprint density at radius 3 is 2.70 bits per heavy atom. The van der Waals surface area contributed by atoms with Gasteiger partial charge in [0.05, 0.1) is 12.6 Å². The zero-order valence-electron chi connectivity index (χ0n) is 12.3. The predicted octanol–water partition coefficient (Wildman–Crippen LogP) is 1.74. The number of carbonyl (C=O) groups excluding carboxylic acids is 1. The number of nitrogens with zero attached hydrogens (tertiary/aromatic N) is 2. The van der Waals surface area contributed by atoms with Gasteiger partial charge in [0.1, 0.15) is 0 Å². The molecule has 4 nitrogen and oxygen atoms in total. The molecular formula is C16H24N2O2. The average molecular weight is 276 g/mol. The Hall–Kier alpha value is -1.55. The van der Waals surface area contributed by atoms with Gasteiger partial charge in [-0.15, -0.1) is 0 Å². The fourth-order valence-electron chi connectivity index (χ4n) is 2.70. The van der Waals surface area contributed by atoms with E-state index < -0.39 is 0 Å². The number of aliphatic hydroxyl groups is 1. The monoisotopic (exact) mass is 276 g/mol. The minimum Gasteiger partial charge on any atom is -0.393 e. The molecule has 1 N–H and O–H groups in total. The van der Waals surface area contributed by atoms with Crippen LogP contribution in [0.3, 0.4) is 0 Å². The van der Waals surface area contributed by atoms with Crippen LogP contribution < -0.4 is 4.90 Å². The Morgan fingerprint density at radius 1 is 1.45 bits per heavy atom. The predicted molar refractivity (Wildman–Crippen MR) is 80.7 cm³/mol. The SMILES string of the molecule is CCN(CC(=O)N1CCC(C(C)O)C1)c1ccccc1. The molecule has 1 heterocycles. The molecule has 1 aliphatic heterocycles. The quantitative estimate of drug-likeness (QED) is 0.891. The second kappa shape index (κ2) is 6.75. The molecule has 1 aromatic carbocycles. The van der Waals surface area contributed by atoms with Crippen molar-refractivity contribution in [2.45, 2.75) is 26.4 Å². The van der Waals surface area contributed by atoms with Gasteiger partial charge >= 0.3 is 0 Å². The van der Waals surface area contributed by atoms with E-state index in [0.29, 0.717) is 13.1 Å². The summed E-state index contributed by atoms with van der Waals surface area (Å²) in [5.74, 6) is 0.379. The maximum absolute atomic E-state index is 12.4. The van der Waals surface area contributed by atoms with Crippen molar-refractivity contribution in [3.05, 3.63) is 30.3 Å². The molecule has 4 heteroatoms. The summed E-state index contributed by atoms with van der Waals surface area (Å²) in [5, 5.41) is 9.61. The maximum atomic E-state index is 12.4. The molecule has 2 unspecified atom stereocenters. The number of para-hydroxylation sites is 1. The van der Waals surface area contributed by atoms with Gasteiger partial charge in [-0.05, 0) is 32.4 Å². The second-order valence-corrected chi connectivity index (χ2v) is 5.48. The molecule has 1 amide bonds. The van der Waals surface area contributed by atoms with Crippen LogP contribution in [-0.4, -0.2) is 48.2 Å². The van der Waals surface area contributed by atoms with Crippen LogP contribution in [0.25, 0.3) is 0 Å². The van der Waals surface area contributed by atoms with E-state index in [0.717, 1.165) is 25.2 Å². The van der Waals surface area contributed by atoms with E-state index in [9.17, 15) is 9.90 Å². The Morgan fingerprint density at radius 2 is 2.15 bits per heavy atom. The van der Waals surface area contributed by atoms with Gasteiger partial charge in [-0.1, -0.05) is 18.2 Å². The standard InChI is InChI=1S/C16H24N2O2/c1-3-17(15-7-5-4-6-8-15)12-16(20)18-10-9-14(11-18)13(2)19/h4-8,13-14,19H,3,9-12H2,1-2H3. The molecule has 2 rings (SSSR count). The summed E-state index contributed by atoms with van der Waals surface area (Å²) in [7, 11) is 0. The van der Waals surface area contributed by atoms with Crippen molar-refractivity contribution in [2.24, 2.45) is 5.92 Å². The van der Waals surface area contributed by atoms with Gasteiger partial charge < -0.3 is 14.9 Å². The van der Waals surface area contributed by atoms with Crippen LogP contribution in [0.5, 0.6) is 0 Å². The number of aliphatic hydroxyl groups excluding tert-OH is 1. The molecule has 110 valence electrons. The molecular weight excluding hydrogens is 252 g/mol. The zero-order valence-corrected chi connectivity index (χ0v) is 12.3. The molecule has 2 atom stereocenters. The number of hydrogen-bond donors (Lipinski definition) is 1. The summed E-state index contributed by atoms with van der Waals surface area (Å²) in [5.41, 5.74) is 1.08. The smallest absolute Gasteiger partial charge is 0.242 e. The Balaban J connectivity index is 1.94. The third kappa shape index (κ3) is 3.51. The zero-order chi connectivity index (χ0) is 14.5. The first-order chi connectivity index (χ1) is 9.61. The lowest BCUT2D eigenvalue weighted by Crippen LogP contribution is -2.39. The first-order valence-corrected chi connectivity index (χ1v) is 7.37. The van der Waals surface area contributed by atoms with Crippen LogP contribution in [0.4, 0.5) is 5.69 Å². The fraction of sp³-hybridized carbons (Fsp3) is 0.562. The van der Waals surface area contributed by atoms with Crippen LogP contribution in [0.15, 0.2) is 30.3 Å². The van der Waals surface area contributed by atoms with Crippen molar-refractivity contribution in [1.82, 2.24) is 4.90 Å². The van der Waals surface area contributed by atoms with Crippen molar-refractivity contribution >= 4 is 11.6 Å². The summed E-state index contributed by atoms with van der Waals surface area (Å²) >= 11 is 0. The lowest BCUT2D eigenvalue weighted by molar-refractivity contribution is -0.128. The van der Waals surface area contributed by atoms with E-state index in [2.05, 4.69) is 11.8 Å². The number of benzene rings is 1. The first-order valence-electron chi connectivity index (χ1n) is 7.37. The highest BCUT2D eigenvalue weighted by Crippen LogP contribution is 2.20. The molecule has 1 aliphatic rings. The van der Waals surface area contributed by atoms with E-state index in [-0.39, 0.29) is 17.9 Å². The number of likely N-dealkylation sites (tertiary alicyclic amines) is 1. The number of hydrogen-bond acceptors (Lipinski definition) is 3. The number of rotatable bonds is 5. The highest BCUT2D eigenvalue weighted by molar-refractivity contribution is 5.81. The molecule has 0 radical (unpaired) electrons. The van der Waals surface area contributed by atoms with Crippen LogP contribution in [0, 0.1) is 5.92 Å². The van der Waals surface area contributed by atoms with Crippen LogP contribution in [0.1, 0.15) is 20.3 Å². The summed E-state index contributed by atoms with van der Waals surface area (Å²) < 4.78 is 0. The highest BCUT2D eigenvalue weighted by Gasteiger charge is 2.29. The number of likely N-dealkylation sites (N-methyl/N-ethyl adjacent to an activating group) is 1. The third-order valence-electron chi connectivity index (χ3n) is 4.09. The van der Waals surface area contributed by atoms with Gasteiger partial charge in [-0.3, -0.25) is 4.79 Å². The van der Waals surface area contributed by atoms with Crippen molar-refractivity contribution < 1.29 is 9.90 Å². The number of anilines is 1. The fourth-order valence-corrected chi connectivity index (χ4v) is 2.70. The van der Waals surface area contributed by atoms with E-state index in [1.165, 1.54) is 0 Å². The lowest BCUT2D eigenvalue weighted by Gasteiger charge is -2.26. The first kappa shape index (κ1) is 14.9. The van der Waals surface area contributed by atoms with Crippen LogP contribution >= 0.6 is 0 Å². The summed E-state index contributed by atoms with van der Waals surface area (Å²) in [6, 6.07) is 10.0. The topological polar surface area (TPSA) is 43.8 Å². The maximum Gasteiger partial charge on any atom is 0.242 e. The summed E-state index contributed by atoms with van der Waals surface area (Å²) in [6.45, 7) is 6.53. The molecule has 0 bridgehead atoms. The molecule has 0 saturated carbocycles. The van der Waals surface area contributed by atoms with Gasteiger partial charge in [-0.2, -0.15) is 0 Å². The van der Waals surface area contributed by atoms with Gasteiger partial charge in [0.15, 0.2) is 0 Å². The minimum absolute atomic E-state index is 0.152. The van der Waals surface area contributed by atoms with Crippen molar-refractivity contribution in [3.8, 4) is 0 Å². The summed E-state index contributed by atoms with van der Waals surface area (Å²) in [4.78, 5) is 16.3. The van der Waals surface area contributed by atoms with Gasteiger partial charge in [0.25, 0.3) is 0 Å². The van der Waals surface area contributed by atoms with Gasteiger partial charge in [0.2, 0.25) is 5.91 Å². The molecule has 20 heavy (non-hydrogen) atoms. The molecule has 1 aromatic rings. The lowest BCUT2D eigenvalue weighted by atomic mass is 10.0. The molecule has 1 saturated heterocycles. The normalized spacial score (nSPS) is 19.9. The molecule has 1 fully saturated rings. The molecule has 0 aromatic heterocycles. The van der Waals surface area contributed by atoms with Crippen molar-refractivity contribution in [1.29, 1.82) is 0 Å². The van der Waals surface area contributed by atoms with Crippen molar-refractivity contribution in [3.63, 3.8) is 0 Å². The number of amides is 1. The van der Waals surface area contributed by atoms with Gasteiger partial charge in [0, 0.05) is 31.2 Å².